The molecule has 110 valence electrons. The zero-order valence-electron chi connectivity index (χ0n) is 11.7. The Kier molecular flexibility index (Phi) is 3.45. The molecule has 0 fully saturated rings. The highest BCUT2D eigenvalue weighted by Crippen LogP contribution is 2.26. The highest BCUT2D eigenvalue weighted by atomic mass is 32.2. The van der Waals surface area contributed by atoms with Crippen molar-refractivity contribution >= 4 is 15.5 Å². The maximum atomic E-state index is 13.2. The van der Waals surface area contributed by atoms with E-state index in [1.807, 2.05) is 18.2 Å². The van der Waals surface area contributed by atoms with Gasteiger partial charge in [0.2, 0.25) is 0 Å². The molecule has 5 heteroatoms. The topological polar surface area (TPSA) is 37.4 Å². The molecule has 0 aromatic heterocycles. The van der Waals surface area contributed by atoms with E-state index >= 15 is 0 Å². The van der Waals surface area contributed by atoms with Gasteiger partial charge >= 0.3 is 0 Å². The minimum atomic E-state index is -3.16. The summed E-state index contributed by atoms with van der Waals surface area (Å²) in [5, 5.41) is 0. The Bertz CT molecular complexity index is 769. The first kappa shape index (κ1) is 14.1. The van der Waals surface area contributed by atoms with Crippen molar-refractivity contribution in [1.82, 2.24) is 0 Å². The van der Waals surface area contributed by atoms with Crippen LogP contribution in [0.2, 0.25) is 0 Å². The van der Waals surface area contributed by atoms with E-state index in [1.165, 1.54) is 12.3 Å². The second-order valence-electron chi connectivity index (χ2n) is 5.35. The molecule has 0 saturated heterocycles. The Morgan fingerprint density at radius 1 is 1.05 bits per heavy atom. The molecular formula is C16H16FNO2S. The third-order valence-corrected chi connectivity index (χ3v) is 4.94. The lowest BCUT2D eigenvalue weighted by atomic mass is 9.99. The van der Waals surface area contributed by atoms with E-state index in [0.29, 0.717) is 11.4 Å². The molecule has 1 aliphatic heterocycles. The van der Waals surface area contributed by atoms with Crippen LogP contribution in [-0.4, -0.2) is 21.2 Å². The Labute approximate surface area is 123 Å². The number of fused-ring (bicyclic) bond motifs is 1. The number of rotatable bonds is 2. The van der Waals surface area contributed by atoms with Crippen LogP contribution in [0, 0.1) is 5.82 Å². The summed E-state index contributed by atoms with van der Waals surface area (Å²) in [7, 11) is -3.16. The molecule has 2 aromatic rings. The van der Waals surface area contributed by atoms with Crippen LogP contribution in [0.25, 0.3) is 0 Å². The molecule has 0 bridgehead atoms. The van der Waals surface area contributed by atoms with Crippen molar-refractivity contribution in [2.45, 2.75) is 17.9 Å². The lowest BCUT2D eigenvalue weighted by Gasteiger charge is -2.30. The molecule has 0 N–H and O–H groups in total. The molecule has 0 spiro atoms. The van der Waals surface area contributed by atoms with Crippen LogP contribution in [0.15, 0.2) is 47.4 Å². The zero-order chi connectivity index (χ0) is 15.0. The molecule has 3 nitrogen and oxygen atoms in total. The van der Waals surface area contributed by atoms with E-state index in [1.54, 1.807) is 18.2 Å². The highest BCUT2D eigenvalue weighted by Gasteiger charge is 2.17. The number of benzene rings is 2. The summed E-state index contributed by atoms with van der Waals surface area (Å²) in [6.45, 7) is 1.52. The fraction of sp³-hybridized carbons (Fsp3) is 0.250. The van der Waals surface area contributed by atoms with Crippen molar-refractivity contribution < 1.29 is 12.8 Å². The van der Waals surface area contributed by atoms with Crippen LogP contribution < -0.4 is 4.90 Å². The summed E-state index contributed by atoms with van der Waals surface area (Å²) in [5.74, 6) is -0.195. The molecule has 1 aliphatic rings. The fourth-order valence-electron chi connectivity index (χ4n) is 2.65. The summed E-state index contributed by atoms with van der Waals surface area (Å²) in [4.78, 5) is 2.50. The Hall–Kier alpha value is -1.88. The lowest BCUT2D eigenvalue weighted by molar-refractivity contribution is 0.602. The van der Waals surface area contributed by atoms with Crippen molar-refractivity contribution in [1.29, 1.82) is 0 Å². The molecule has 21 heavy (non-hydrogen) atoms. The van der Waals surface area contributed by atoms with Crippen molar-refractivity contribution in [2.75, 3.05) is 17.7 Å². The van der Waals surface area contributed by atoms with Gasteiger partial charge in [0.1, 0.15) is 5.82 Å². The van der Waals surface area contributed by atoms with Crippen LogP contribution >= 0.6 is 0 Å². The molecule has 0 saturated carbocycles. The van der Waals surface area contributed by atoms with Gasteiger partial charge in [-0.05, 0) is 53.9 Å². The monoisotopic (exact) mass is 305 g/mol. The van der Waals surface area contributed by atoms with Crippen LogP contribution in [0.1, 0.15) is 11.1 Å². The van der Waals surface area contributed by atoms with E-state index in [4.69, 9.17) is 0 Å². The Balaban J connectivity index is 1.84. The number of hydrogen-bond acceptors (Lipinski definition) is 3. The first-order valence-electron chi connectivity index (χ1n) is 6.76. The van der Waals surface area contributed by atoms with E-state index in [0.717, 1.165) is 29.8 Å². The first-order chi connectivity index (χ1) is 9.93. The number of anilines is 1. The van der Waals surface area contributed by atoms with Crippen LogP contribution in [0.3, 0.4) is 0 Å². The molecule has 2 aromatic carbocycles. The van der Waals surface area contributed by atoms with Crippen LogP contribution in [0.4, 0.5) is 10.1 Å². The molecular weight excluding hydrogens is 289 g/mol. The van der Waals surface area contributed by atoms with Gasteiger partial charge in [-0.25, -0.2) is 12.8 Å². The standard InChI is InChI=1S/C16H16FNO2S/c1-21(19,20)16-6-4-15(5-7-16)18-9-8-12-10-14(17)3-2-13(12)11-18/h2-7,10H,8-9,11H2,1H3. The maximum absolute atomic E-state index is 13.2. The molecule has 0 radical (unpaired) electrons. The highest BCUT2D eigenvalue weighted by molar-refractivity contribution is 7.90. The van der Waals surface area contributed by atoms with Gasteiger partial charge in [0.25, 0.3) is 0 Å². The predicted molar refractivity (Wildman–Crippen MR) is 80.7 cm³/mol. The zero-order valence-corrected chi connectivity index (χ0v) is 12.5. The Morgan fingerprint density at radius 3 is 2.43 bits per heavy atom. The van der Waals surface area contributed by atoms with Crippen molar-refractivity contribution in [3.8, 4) is 0 Å². The van der Waals surface area contributed by atoms with Gasteiger partial charge in [0.15, 0.2) is 9.84 Å². The van der Waals surface area contributed by atoms with Gasteiger partial charge in [0, 0.05) is 25.0 Å². The first-order valence-corrected chi connectivity index (χ1v) is 8.65. The van der Waals surface area contributed by atoms with Crippen molar-refractivity contribution in [3.63, 3.8) is 0 Å². The second-order valence-corrected chi connectivity index (χ2v) is 7.37. The molecule has 1 heterocycles. The van der Waals surface area contributed by atoms with Crippen molar-refractivity contribution in [3.05, 3.63) is 59.4 Å². The third kappa shape index (κ3) is 2.93. The number of nitrogens with zero attached hydrogens (tertiary/aromatic N) is 1. The number of hydrogen-bond donors (Lipinski definition) is 0. The summed E-state index contributed by atoms with van der Waals surface area (Å²) in [6.07, 6.45) is 1.99. The van der Waals surface area contributed by atoms with Crippen molar-refractivity contribution in [2.24, 2.45) is 0 Å². The molecule has 0 amide bonds. The summed E-state index contributed by atoms with van der Waals surface area (Å²) >= 11 is 0. The summed E-state index contributed by atoms with van der Waals surface area (Å²) < 4.78 is 36.1. The number of halogens is 1. The number of sulfone groups is 1. The lowest BCUT2D eigenvalue weighted by Crippen LogP contribution is -2.30. The minimum Gasteiger partial charge on any atom is -0.367 e. The summed E-state index contributed by atoms with van der Waals surface area (Å²) in [6, 6.07) is 11.8. The normalized spacial score (nSPS) is 14.9. The van der Waals surface area contributed by atoms with Gasteiger partial charge in [-0.15, -0.1) is 0 Å². The minimum absolute atomic E-state index is 0.195. The smallest absolute Gasteiger partial charge is 0.175 e. The quantitative estimate of drug-likeness (QED) is 0.856. The van der Waals surface area contributed by atoms with Gasteiger partial charge < -0.3 is 4.90 Å². The van der Waals surface area contributed by atoms with Gasteiger partial charge in [-0.2, -0.15) is 0 Å². The largest absolute Gasteiger partial charge is 0.367 e. The predicted octanol–water partition coefficient (Wildman–Crippen LogP) is 2.79. The molecule has 0 unspecified atom stereocenters. The van der Waals surface area contributed by atoms with E-state index in [9.17, 15) is 12.8 Å². The average Bonchev–Trinajstić information content (AvgIpc) is 2.46. The van der Waals surface area contributed by atoms with Gasteiger partial charge in [0.05, 0.1) is 4.90 Å². The van der Waals surface area contributed by atoms with Gasteiger partial charge in [-0.3, -0.25) is 0 Å². The Morgan fingerprint density at radius 2 is 1.76 bits per heavy atom. The van der Waals surface area contributed by atoms with Crippen LogP contribution in [-0.2, 0) is 22.8 Å². The average molecular weight is 305 g/mol. The van der Waals surface area contributed by atoms with Crippen LogP contribution in [0.5, 0.6) is 0 Å². The van der Waals surface area contributed by atoms with E-state index in [2.05, 4.69) is 4.90 Å². The third-order valence-electron chi connectivity index (χ3n) is 3.81. The van der Waals surface area contributed by atoms with E-state index in [-0.39, 0.29) is 5.82 Å². The fourth-order valence-corrected chi connectivity index (χ4v) is 3.28. The maximum Gasteiger partial charge on any atom is 0.175 e. The van der Waals surface area contributed by atoms with E-state index < -0.39 is 9.84 Å². The molecule has 0 atom stereocenters. The second kappa shape index (κ2) is 5.15. The molecule has 0 aliphatic carbocycles. The van der Waals surface area contributed by atoms with Gasteiger partial charge in [-0.1, -0.05) is 6.07 Å². The molecule has 3 rings (SSSR count). The summed E-state index contributed by atoms with van der Waals surface area (Å²) in [5.41, 5.74) is 3.16. The SMILES string of the molecule is CS(=O)(=O)c1ccc(N2CCc3cc(F)ccc3C2)cc1.